The third-order valence-corrected chi connectivity index (χ3v) is 5.37. The number of hydrogen-bond donors (Lipinski definition) is 1. The van der Waals surface area contributed by atoms with Gasteiger partial charge in [0.1, 0.15) is 6.54 Å². The van der Waals surface area contributed by atoms with Gasteiger partial charge in [0, 0.05) is 4.90 Å². The summed E-state index contributed by atoms with van der Waals surface area (Å²) in [6.07, 6.45) is 2.97. The van der Waals surface area contributed by atoms with Crippen LogP contribution in [0, 0.1) is 0 Å². The van der Waals surface area contributed by atoms with Crippen molar-refractivity contribution in [3.05, 3.63) is 53.6 Å². The summed E-state index contributed by atoms with van der Waals surface area (Å²) in [7, 11) is -3.61. The number of thioether (sulfide) groups is 1. The van der Waals surface area contributed by atoms with Gasteiger partial charge >= 0.3 is 0 Å². The molecule has 8 heteroatoms. The Labute approximate surface area is 151 Å². The number of para-hydroxylation sites is 1. The molecule has 5 nitrogen and oxygen atoms in total. The molecule has 2 rings (SSSR count). The number of nitrogens with one attached hydrogen (secondary N) is 1. The van der Waals surface area contributed by atoms with E-state index in [-0.39, 0.29) is 6.54 Å². The van der Waals surface area contributed by atoms with Crippen molar-refractivity contribution in [2.45, 2.75) is 4.90 Å². The van der Waals surface area contributed by atoms with Gasteiger partial charge in [0.25, 0.3) is 0 Å². The molecule has 0 fully saturated rings. The fourth-order valence-corrected chi connectivity index (χ4v) is 3.53. The minimum Gasteiger partial charge on any atom is -0.323 e. The number of carbonyl (C=O) groups is 1. The average molecular weight is 385 g/mol. The fourth-order valence-electron chi connectivity index (χ4n) is 2.05. The molecule has 24 heavy (non-hydrogen) atoms. The highest BCUT2D eigenvalue weighted by Crippen LogP contribution is 2.24. The van der Waals surface area contributed by atoms with Gasteiger partial charge in [0.15, 0.2) is 0 Å². The van der Waals surface area contributed by atoms with Gasteiger partial charge in [-0.25, -0.2) is 8.42 Å². The molecule has 0 saturated carbocycles. The molecule has 1 amide bonds. The molecule has 1 N–H and O–H groups in total. The Hall–Kier alpha value is -1.70. The van der Waals surface area contributed by atoms with Gasteiger partial charge in [-0.3, -0.25) is 9.10 Å². The summed E-state index contributed by atoms with van der Waals surface area (Å²) in [5, 5.41) is 3.02. The van der Waals surface area contributed by atoms with E-state index in [0.717, 1.165) is 15.5 Å². The van der Waals surface area contributed by atoms with Crippen LogP contribution in [-0.2, 0) is 14.8 Å². The van der Waals surface area contributed by atoms with Crippen LogP contribution in [0.2, 0.25) is 5.02 Å². The molecular formula is C16H17ClN2O3S2. The minimum atomic E-state index is -3.61. The van der Waals surface area contributed by atoms with E-state index in [4.69, 9.17) is 11.6 Å². The highest BCUT2D eigenvalue weighted by molar-refractivity contribution is 7.98. The Bertz CT molecular complexity index is 841. The van der Waals surface area contributed by atoms with Gasteiger partial charge in [-0.1, -0.05) is 29.8 Å². The lowest BCUT2D eigenvalue weighted by Gasteiger charge is -2.22. The highest BCUT2D eigenvalue weighted by Gasteiger charge is 2.21. The van der Waals surface area contributed by atoms with Crippen LogP contribution in [0.15, 0.2) is 53.4 Å². The lowest BCUT2D eigenvalue weighted by molar-refractivity contribution is -0.114. The Kier molecular flexibility index (Phi) is 6.15. The number of amides is 1. The predicted octanol–water partition coefficient (Wildman–Crippen LogP) is 3.47. The monoisotopic (exact) mass is 384 g/mol. The van der Waals surface area contributed by atoms with Crippen molar-refractivity contribution in [2.75, 3.05) is 28.7 Å². The van der Waals surface area contributed by atoms with Gasteiger partial charge in [-0.05, 0) is 36.6 Å². The first kappa shape index (κ1) is 18.6. The van der Waals surface area contributed by atoms with Gasteiger partial charge < -0.3 is 5.32 Å². The van der Waals surface area contributed by atoms with Crippen LogP contribution in [0.4, 0.5) is 11.4 Å². The molecule has 0 unspecified atom stereocenters. The molecule has 0 bridgehead atoms. The molecular weight excluding hydrogens is 368 g/mol. The molecule has 0 heterocycles. The molecule has 0 spiro atoms. The number of rotatable bonds is 6. The van der Waals surface area contributed by atoms with Crippen LogP contribution in [0.1, 0.15) is 0 Å². The topological polar surface area (TPSA) is 66.5 Å². The molecule has 128 valence electrons. The van der Waals surface area contributed by atoms with Gasteiger partial charge in [0.2, 0.25) is 15.9 Å². The molecule has 2 aromatic carbocycles. The van der Waals surface area contributed by atoms with Crippen molar-refractivity contribution in [1.29, 1.82) is 0 Å². The zero-order chi connectivity index (χ0) is 17.7. The molecule has 2 aromatic rings. The van der Waals surface area contributed by atoms with Crippen LogP contribution < -0.4 is 9.62 Å². The van der Waals surface area contributed by atoms with Gasteiger partial charge in [-0.2, -0.15) is 0 Å². The Balaban J connectivity index is 2.23. The first-order valence-corrected chi connectivity index (χ1v) is 10.4. The summed E-state index contributed by atoms with van der Waals surface area (Å²) >= 11 is 7.50. The second-order valence-corrected chi connectivity index (χ2v) is 8.19. The van der Waals surface area contributed by atoms with Crippen LogP contribution in [-0.4, -0.2) is 33.4 Å². The van der Waals surface area contributed by atoms with E-state index in [1.165, 1.54) is 11.8 Å². The van der Waals surface area contributed by atoms with Crippen molar-refractivity contribution in [2.24, 2.45) is 0 Å². The maximum atomic E-state index is 12.3. The molecule has 0 atom stereocenters. The highest BCUT2D eigenvalue weighted by atomic mass is 35.5. The number of nitrogens with zero attached hydrogens (tertiary/aromatic N) is 1. The second-order valence-electron chi connectivity index (χ2n) is 5.00. The maximum Gasteiger partial charge on any atom is 0.245 e. The minimum absolute atomic E-state index is 0.331. The third kappa shape index (κ3) is 4.90. The summed E-state index contributed by atoms with van der Waals surface area (Å²) in [5.41, 5.74) is 0.883. The Morgan fingerprint density at radius 2 is 1.92 bits per heavy atom. The zero-order valence-corrected chi connectivity index (χ0v) is 15.6. The quantitative estimate of drug-likeness (QED) is 0.774. The molecule has 0 aromatic heterocycles. The smallest absolute Gasteiger partial charge is 0.245 e. The van der Waals surface area contributed by atoms with Crippen LogP contribution in [0.5, 0.6) is 0 Å². The molecule has 0 aliphatic heterocycles. The van der Waals surface area contributed by atoms with Crippen LogP contribution >= 0.6 is 23.4 Å². The first-order valence-electron chi connectivity index (χ1n) is 6.97. The molecule has 0 radical (unpaired) electrons. The van der Waals surface area contributed by atoms with E-state index >= 15 is 0 Å². The van der Waals surface area contributed by atoms with Crippen LogP contribution in [0.3, 0.4) is 0 Å². The standard InChI is InChI=1S/C16H17ClN2O3S2/c1-23-13-7-5-6-12(10-13)19(24(2,21)22)11-16(20)18-15-9-4-3-8-14(15)17/h3-10H,11H2,1-2H3,(H,18,20). The molecule has 0 saturated heterocycles. The Morgan fingerprint density at radius 3 is 2.54 bits per heavy atom. The zero-order valence-electron chi connectivity index (χ0n) is 13.2. The number of benzene rings is 2. The van der Waals surface area contributed by atoms with E-state index in [2.05, 4.69) is 5.32 Å². The summed E-state index contributed by atoms with van der Waals surface area (Å²) in [5.74, 6) is -0.469. The number of sulfonamides is 1. The van der Waals surface area contributed by atoms with Crippen molar-refractivity contribution < 1.29 is 13.2 Å². The number of hydrogen-bond acceptors (Lipinski definition) is 4. The van der Waals surface area contributed by atoms with Crippen LogP contribution in [0.25, 0.3) is 0 Å². The van der Waals surface area contributed by atoms with E-state index in [1.54, 1.807) is 42.5 Å². The lowest BCUT2D eigenvalue weighted by Crippen LogP contribution is -2.37. The lowest BCUT2D eigenvalue weighted by atomic mass is 10.3. The SMILES string of the molecule is CSc1cccc(N(CC(=O)Nc2ccccc2Cl)S(C)(=O)=O)c1. The number of halogens is 1. The molecule has 0 aliphatic carbocycles. The van der Waals surface area contributed by atoms with E-state index < -0.39 is 15.9 Å². The summed E-state index contributed by atoms with van der Waals surface area (Å²) in [6.45, 7) is -0.331. The largest absolute Gasteiger partial charge is 0.323 e. The summed E-state index contributed by atoms with van der Waals surface area (Å²) in [6, 6.07) is 13.8. The summed E-state index contributed by atoms with van der Waals surface area (Å²) in [4.78, 5) is 13.2. The molecule has 0 aliphatic rings. The maximum absolute atomic E-state index is 12.3. The van der Waals surface area contributed by atoms with E-state index in [1.807, 2.05) is 12.3 Å². The number of carbonyl (C=O) groups excluding carboxylic acids is 1. The number of anilines is 2. The van der Waals surface area contributed by atoms with Crippen molar-refractivity contribution in [1.82, 2.24) is 0 Å². The first-order chi connectivity index (χ1) is 11.3. The summed E-state index contributed by atoms with van der Waals surface area (Å²) < 4.78 is 25.3. The Morgan fingerprint density at radius 1 is 1.21 bits per heavy atom. The fraction of sp³-hybridized carbons (Fsp3) is 0.188. The van der Waals surface area contributed by atoms with Gasteiger partial charge in [-0.15, -0.1) is 11.8 Å². The predicted molar refractivity (Wildman–Crippen MR) is 100 cm³/mol. The normalized spacial score (nSPS) is 11.1. The van der Waals surface area contributed by atoms with Crippen molar-refractivity contribution in [3.8, 4) is 0 Å². The van der Waals surface area contributed by atoms with Gasteiger partial charge in [0.05, 0.1) is 22.7 Å². The van der Waals surface area contributed by atoms with Crippen molar-refractivity contribution >= 4 is 50.7 Å². The third-order valence-electron chi connectivity index (χ3n) is 3.18. The van der Waals surface area contributed by atoms with Crippen molar-refractivity contribution in [3.63, 3.8) is 0 Å². The average Bonchev–Trinajstić information content (AvgIpc) is 2.54. The van der Waals surface area contributed by atoms with E-state index in [0.29, 0.717) is 16.4 Å². The second kappa shape index (κ2) is 7.92. The van der Waals surface area contributed by atoms with E-state index in [9.17, 15) is 13.2 Å².